The monoisotopic (exact) mass is 366 g/mol. The highest BCUT2D eigenvalue weighted by Gasteiger charge is 2.39. The first-order chi connectivity index (χ1) is 11.5. The molecule has 1 aromatic carbocycles. The number of hydrogen-bond acceptors (Lipinski definition) is 2. The summed E-state index contributed by atoms with van der Waals surface area (Å²) in [6.07, 6.45) is -9.25. The van der Waals surface area contributed by atoms with Crippen molar-refractivity contribution >= 4 is 0 Å². The summed E-state index contributed by atoms with van der Waals surface area (Å²) in [5, 5.41) is 3.09. The molecule has 0 unspecified atom stereocenters. The molecule has 2 rings (SSSR count). The lowest BCUT2D eigenvalue weighted by Gasteiger charge is -2.36. The molecule has 1 aliphatic heterocycles. The van der Waals surface area contributed by atoms with E-state index in [1.165, 1.54) is 0 Å². The lowest BCUT2D eigenvalue weighted by molar-refractivity contribution is -0.142. The van der Waals surface area contributed by atoms with E-state index in [-0.39, 0.29) is 12.0 Å². The normalized spacial score (nSPS) is 18.2. The van der Waals surface area contributed by atoms with Crippen LogP contribution in [0.15, 0.2) is 30.4 Å². The Kier molecular flexibility index (Phi) is 5.83. The summed E-state index contributed by atoms with van der Waals surface area (Å²) in [7, 11) is 0. The van der Waals surface area contributed by atoms with Gasteiger partial charge in [-0.25, -0.2) is 0 Å². The van der Waals surface area contributed by atoms with Crippen LogP contribution in [0.1, 0.15) is 36.1 Å². The van der Waals surface area contributed by atoms with Gasteiger partial charge in [-0.2, -0.15) is 26.3 Å². The van der Waals surface area contributed by atoms with Gasteiger partial charge in [0.15, 0.2) is 0 Å². The Bertz CT molecular complexity index is 615. The highest BCUT2D eigenvalue weighted by molar-refractivity contribution is 5.38. The van der Waals surface area contributed by atoms with Crippen molar-refractivity contribution in [1.82, 2.24) is 10.2 Å². The van der Waals surface area contributed by atoms with Crippen LogP contribution in [-0.4, -0.2) is 31.1 Å². The van der Waals surface area contributed by atoms with Crippen molar-refractivity contribution in [1.29, 1.82) is 0 Å². The minimum atomic E-state index is -4.72. The van der Waals surface area contributed by atoms with Crippen molar-refractivity contribution in [2.24, 2.45) is 0 Å². The Balaban J connectivity index is 2.57. The number of alkyl halides is 6. The first-order valence-electron chi connectivity index (χ1n) is 7.87. The molecule has 2 nitrogen and oxygen atoms in total. The quantitative estimate of drug-likeness (QED) is 0.617. The molecule has 0 bridgehead atoms. The van der Waals surface area contributed by atoms with E-state index >= 15 is 0 Å². The summed E-state index contributed by atoms with van der Waals surface area (Å²) in [6.45, 7) is 7.48. The van der Waals surface area contributed by atoms with E-state index in [4.69, 9.17) is 0 Å². The topological polar surface area (TPSA) is 15.3 Å². The van der Waals surface area contributed by atoms with Crippen LogP contribution in [0.3, 0.4) is 0 Å². The molecule has 1 aromatic rings. The van der Waals surface area contributed by atoms with Gasteiger partial charge in [-0.05, 0) is 37.1 Å². The molecule has 0 spiro atoms. The third kappa shape index (κ3) is 4.98. The first kappa shape index (κ1) is 19.8. The maximum atomic E-state index is 13.4. The van der Waals surface area contributed by atoms with Crippen molar-refractivity contribution in [2.45, 2.75) is 31.7 Å². The summed E-state index contributed by atoms with van der Waals surface area (Å²) in [5.41, 5.74) is -1.82. The minimum Gasteiger partial charge on any atom is -0.314 e. The molecule has 0 aromatic heterocycles. The van der Waals surface area contributed by atoms with Crippen molar-refractivity contribution in [3.8, 4) is 0 Å². The van der Waals surface area contributed by atoms with Gasteiger partial charge in [0.25, 0.3) is 0 Å². The van der Waals surface area contributed by atoms with Crippen molar-refractivity contribution in [3.63, 3.8) is 0 Å². The number of nitrogens with one attached hydrogen (secondary N) is 1. The summed E-state index contributed by atoms with van der Waals surface area (Å²) in [5.74, 6) is 0. The Morgan fingerprint density at radius 1 is 1.12 bits per heavy atom. The molecule has 1 aliphatic rings. The first-order valence-corrected chi connectivity index (χ1v) is 7.87. The molecule has 1 atom stereocenters. The van der Waals surface area contributed by atoms with Crippen molar-refractivity contribution in [3.05, 3.63) is 47.0 Å². The van der Waals surface area contributed by atoms with Gasteiger partial charge in [-0.1, -0.05) is 5.57 Å². The number of rotatable bonds is 4. The Morgan fingerprint density at radius 3 is 2.20 bits per heavy atom. The third-order valence-electron chi connectivity index (χ3n) is 4.18. The van der Waals surface area contributed by atoms with Gasteiger partial charge in [0.05, 0.1) is 11.1 Å². The largest absolute Gasteiger partial charge is 0.416 e. The zero-order valence-corrected chi connectivity index (χ0v) is 13.8. The van der Waals surface area contributed by atoms with Crippen LogP contribution in [0.5, 0.6) is 0 Å². The Morgan fingerprint density at radius 2 is 1.72 bits per heavy atom. The summed E-state index contributed by atoms with van der Waals surface area (Å²) in [4.78, 5) is 1.79. The van der Waals surface area contributed by atoms with Gasteiger partial charge in [0.1, 0.15) is 0 Å². The van der Waals surface area contributed by atoms with Gasteiger partial charge < -0.3 is 5.32 Å². The maximum Gasteiger partial charge on any atom is 0.416 e. The lowest BCUT2D eigenvalue weighted by atomic mass is 9.91. The molecule has 0 aliphatic carbocycles. The highest BCUT2D eigenvalue weighted by atomic mass is 19.4. The molecule has 1 N–H and O–H groups in total. The second kappa shape index (κ2) is 7.37. The van der Waals surface area contributed by atoms with Gasteiger partial charge in [-0.15, -0.1) is 6.58 Å². The highest BCUT2D eigenvalue weighted by Crippen LogP contribution is 2.41. The van der Waals surface area contributed by atoms with E-state index in [2.05, 4.69) is 11.9 Å². The van der Waals surface area contributed by atoms with Gasteiger partial charge in [0.2, 0.25) is 0 Å². The van der Waals surface area contributed by atoms with Crippen LogP contribution >= 0.6 is 0 Å². The van der Waals surface area contributed by atoms with Crippen LogP contribution < -0.4 is 5.32 Å². The number of piperazine rings is 1. The molecule has 8 heteroatoms. The smallest absolute Gasteiger partial charge is 0.314 e. The zero-order valence-electron chi connectivity index (χ0n) is 13.8. The number of benzene rings is 1. The van der Waals surface area contributed by atoms with E-state index in [1.807, 2.05) is 0 Å². The third-order valence-corrected chi connectivity index (χ3v) is 4.18. The van der Waals surface area contributed by atoms with E-state index < -0.39 is 29.5 Å². The molecular formula is C17H20F6N2. The molecule has 0 amide bonds. The Labute approximate surface area is 142 Å². The number of nitrogens with zero attached hydrogens (tertiary/aromatic N) is 1. The maximum absolute atomic E-state index is 13.4. The lowest BCUT2D eigenvalue weighted by Crippen LogP contribution is -2.45. The minimum absolute atomic E-state index is 0.171. The van der Waals surface area contributed by atoms with Crippen LogP contribution in [0.2, 0.25) is 0 Å². The molecule has 140 valence electrons. The zero-order chi connectivity index (χ0) is 18.8. The summed E-state index contributed by atoms with van der Waals surface area (Å²) in [6, 6.07) is 0.866. The predicted molar refractivity (Wildman–Crippen MR) is 83.1 cm³/mol. The summed E-state index contributed by atoms with van der Waals surface area (Å²) < 4.78 is 79.3. The number of hydrogen-bond donors (Lipinski definition) is 1. The Hall–Kier alpha value is -1.54. The fourth-order valence-electron chi connectivity index (χ4n) is 3.03. The van der Waals surface area contributed by atoms with E-state index in [1.54, 1.807) is 11.8 Å². The molecular weight excluding hydrogens is 346 g/mol. The SMILES string of the molecule is C=C(C)C[C@@H](c1cc(C(F)(F)F)ccc1C(F)(F)F)N1CCNCC1. The van der Waals surface area contributed by atoms with Crippen LogP contribution in [-0.2, 0) is 12.4 Å². The van der Waals surface area contributed by atoms with Crippen LogP contribution in [0, 0.1) is 0 Å². The molecule has 0 radical (unpaired) electrons. The summed E-state index contributed by atoms with van der Waals surface area (Å²) >= 11 is 0. The molecule has 1 saturated heterocycles. The standard InChI is InChI=1S/C17H20F6N2/c1-11(2)9-15(25-7-5-24-6-8-25)13-10-12(16(18,19)20)3-4-14(13)17(21,22)23/h3-4,10,15,24H,1,5-9H2,2H3/t15-/m0/s1. The van der Waals surface area contributed by atoms with Crippen molar-refractivity contribution < 1.29 is 26.3 Å². The van der Waals surface area contributed by atoms with Crippen molar-refractivity contribution in [2.75, 3.05) is 26.2 Å². The predicted octanol–water partition coefficient (Wildman–Crippen LogP) is 4.64. The van der Waals surface area contributed by atoms with E-state index in [0.29, 0.717) is 50.0 Å². The molecule has 0 saturated carbocycles. The second-order valence-electron chi connectivity index (χ2n) is 6.26. The van der Waals surface area contributed by atoms with Gasteiger partial charge in [0, 0.05) is 32.2 Å². The average Bonchev–Trinajstić information content (AvgIpc) is 2.51. The fourth-order valence-corrected chi connectivity index (χ4v) is 3.03. The average molecular weight is 366 g/mol. The van der Waals surface area contributed by atoms with Crippen LogP contribution in [0.4, 0.5) is 26.3 Å². The second-order valence-corrected chi connectivity index (χ2v) is 6.26. The fraction of sp³-hybridized carbons (Fsp3) is 0.529. The number of halogens is 6. The van der Waals surface area contributed by atoms with Gasteiger partial charge >= 0.3 is 12.4 Å². The van der Waals surface area contributed by atoms with Gasteiger partial charge in [-0.3, -0.25) is 4.90 Å². The van der Waals surface area contributed by atoms with E-state index in [9.17, 15) is 26.3 Å². The van der Waals surface area contributed by atoms with E-state index in [0.717, 1.165) is 0 Å². The molecule has 1 heterocycles. The molecule has 1 fully saturated rings. The molecule has 25 heavy (non-hydrogen) atoms. The van der Waals surface area contributed by atoms with Crippen LogP contribution in [0.25, 0.3) is 0 Å².